The van der Waals surface area contributed by atoms with Crippen LogP contribution in [-0.2, 0) is 9.53 Å². The van der Waals surface area contributed by atoms with E-state index < -0.39 is 5.97 Å². The van der Waals surface area contributed by atoms with Crippen LogP contribution in [0.4, 0.5) is 4.79 Å². The Kier molecular flexibility index (Phi) is 6.08. The summed E-state index contributed by atoms with van der Waals surface area (Å²) in [5, 5.41) is 11.6. The number of hydrogen-bond acceptors (Lipinski definition) is 3. The zero-order valence-corrected chi connectivity index (χ0v) is 11.9. The van der Waals surface area contributed by atoms with E-state index in [1.54, 1.807) is 11.9 Å². The molecule has 0 aliphatic carbocycles. The Hall–Kier alpha value is -1.30. The predicted molar refractivity (Wildman–Crippen MR) is 71.0 cm³/mol. The lowest BCUT2D eigenvalue weighted by Gasteiger charge is -2.27. The lowest BCUT2D eigenvalue weighted by atomic mass is 10.0. The molecule has 1 fully saturated rings. The largest absolute Gasteiger partial charge is 0.481 e. The monoisotopic (exact) mass is 272 g/mol. The SMILES string of the molecule is CCC(CNC(=O)N(C)C1CCOC1C)CC(=O)O. The molecule has 0 saturated carbocycles. The number of nitrogens with one attached hydrogen (secondary N) is 1. The highest BCUT2D eigenvalue weighted by Gasteiger charge is 2.30. The van der Waals surface area contributed by atoms with E-state index in [4.69, 9.17) is 9.84 Å². The minimum Gasteiger partial charge on any atom is -0.481 e. The van der Waals surface area contributed by atoms with Crippen LogP contribution in [0.1, 0.15) is 33.1 Å². The number of hydrogen-bond donors (Lipinski definition) is 2. The van der Waals surface area contributed by atoms with E-state index in [0.717, 1.165) is 12.8 Å². The van der Waals surface area contributed by atoms with Crippen molar-refractivity contribution in [2.75, 3.05) is 20.2 Å². The van der Waals surface area contributed by atoms with Gasteiger partial charge in [0.1, 0.15) is 0 Å². The van der Waals surface area contributed by atoms with E-state index >= 15 is 0 Å². The van der Waals surface area contributed by atoms with Gasteiger partial charge >= 0.3 is 12.0 Å². The third kappa shape index (κ3) is 4.70. The summed E-state index contributed by atoms with van der Waals surface area (Å²) in [6, 6.07) is -0.0641. The first kappa shape index (κ1) is 15.8. The Morgan fingerprint density at radius 1 is 1.53 bits per heavy atom. The summed E-state index contributed by atoms with van der Waals surface area (Å²) in [7, 11) is 1.75. The highest BCUT2D eigenvalue weighted by atomic mass is 16.5. The smallest absolute Gasteiger partial charge is 0.317 e. The molecular weight excluding hydrogens is 248 g/mol. The number of nitrogens with zero attached hydrogens (tertiary/aromatic N) is 1. The molecule has 3 unspecified atom stereocenters. The minimum atomic E-state index is -0.827. The third-order valence-electron chi connectivity index (χ3n) is 3.74. The van der Waals surface area contributed by atoms with Gasteiger partial charge in [-0.1, -0.05) is 13.3 Å². The van der Waals surface area contributed by atoms with Gasteiger partial charge in [-0.05, 0) is 19.3 Å². The maximum atomic E-state index is 12.0. The summed E-state index contributed by atoms with van der Waals surface area (Å²) < 4.78 is 5.44. The molecule has 1 saturated heterocycles. The fraction of sp³-hybridized carbons (Fsp3) is 0.846. The van der Waals surface area contributed by atoms with Gasteiger partial charge in [-0.25, -0.2) is 4.79 Å². The van der Waals surface area contributed by atoms with Gasteiger partial charge in [0.15, 0.2) is 0 Å². The Morgan fingerprint density at radius 2 is 2.21 bits per heavy atom. The molecule has 6 heteroatoms. The molecule has 110 valence electrons. The third-order valence-corrected chi connectivity index (χ3v) is 3.74. The van der Waals surface area contributed by atoms with Gasteiger partial charge in [0, 0.05) is 26.6 Å². The van der Waals surface area contributed by atoms with E-state index in [0.29, 0.717) is 13.2 Å². The zero-order valence-electron chi connectivity index (χ0n) is 11.9. The number of carbonyl (C=O) groups excluding carboxylic acids is 1. The second-order valence-electron chi connectivity index (χ2n) is 5.10. The van der Waals surface area contributed by atoms with Crippen LogP contribution in [-0.4, -0.2) is 54.4 Å². The fourth-order valence-corrected chi connectivity index (χ4v) is 2.34. The highest BCUT2D eigenvalue weighted by Crippen LogP contribution is 2.18. The van der Waals surface area contributed by atoms with Crippen molar-refractivity contribution in [3.8, 4) is 0 Å². The number of urea groups is 1. The predicted octanol–water partition coefficient (Wildman–Crippen LogP) is 1.31. The van der Waals surface area contributed by atoms with Crippen LogP contribution in [0.5, 0.6) is 0 Å². The average Bonchev–Trinajstić information content (AvgIpc) is 2.78. The van der Waals surface area contributed by atoms with Crippen molar-refractivity contribution in [3.05, 3.63) is 0 Å². The maximum Gasteiger partial charge on any atom is 0.317 e. The van der Waals surface area contributed by atoms with Crippen molar-refractivity contribution in [3.63, 3.8) is 0 Å². The van der Waals surface area contributed by atoms with Crippen molar-refractivity contribution in [2.45, 2.75) is 45.3 Å². The lowest BCUT2D eigenvalue weighted by Crippen LogP contribution is -2.47. The topological polar surface area (TPSA) is 78.9 Å². The molecule has 2 amide bonds. The summed E-state index contributed by atoms with van der Waals surface area (Å²) in [6.07, 6.45) is 1.72. The fourth-order valence-electron chi connectivity index (χ4n) is 2.34. The molecule has 1 heterocycles. The number of aliphatic carboxylic acids is 1. The first-order chi connectivity index (χ1) is 8.95. The van der Waals surface area contributed by atoms with Crippen LogP contribution < -0.4 is 5.32 Å². The molecule has 19 heavy (non-hydrogen) atoms. The molecular formula is C13H24N2O4. The van der Waals surface area contributed by atoms with Crippen LogP contribution in [0.2, 0.25) is 0 Å². The molecule has 0 bridgehead atoms. The summed E-state index contributed by atoms with van der Waals surface area (Å²) in [5.74, 6) is -0.848. The summed E-state index contributed by atoms with van der Waals surface area (Å²) >= 11 is 0. The molecule has 0 aromatic rings. The Labute approximate surface area is 114 Å². The van der Waals surface area contributed by atoms with E-state index in [2.05, 4.69) is 5.32 Å². The normalized spacial score (nSPS) is 23.9. The van der Waals surface area contributed by atoms with Gasteiger partial charge in [0.25, 0.3) is 0 Å². The van der Waals surface area contributed by atoms with E-state index in [1.165, 1.54) is 0 Å². The van der Waals surface area contributed by atoms with Gasteiger partial charge in [-0.3, -0.25) is 4.79 Å². The highest BCUT2D eigenvalue weighted by molar-refractivity contribution is 5.74. The molecule has 3 atom stereocenters. The van der Waals surface area contributed by atoms with Crippen molar-refractivity contribution in [1.29, 1.82) is 0 Å². The quantitative estimate of drug-likeness (QED) is 0.764. The molecule has 0 spiro atoms. The minimum absolute atomic E-state index is 0.0212. The van der Waals surface area contributed by atoms with Crippen molar-refractivity contribution in [2.24, 2.45) is 5.92 Å². The second kappa shape index (κ2) is 7.33. The van der Waals surface area contributed by atoms with Crippen LogP contribution >= 0.6 is 0 Å². The molecule has 0 aromatic carbocycles. The summed E-state index contributed by atoms with van der Waals surface area (Å²) in [5.41, 5.74) is 0. The molecule has 6 nitrogen and oxygen atoms in total. The molecule has 1 rings (SSSR count). The number of likely N-dealkylation sites (N-methyl/N-ethyl adjacent to an activating group) is 1. The molecule has 2 N–H and O–H groups in total. The van der Waals surface area contributed by atoms with Crippen molar-refractivity contribution >= 4 is 12.0 Å². The summed E-state index contributed by atoms with van der Waals surface area (Å²) in [4.78, 5) is 24.3. The zero-order chi connectivity index (χ0) is 14.4. The van der Waals surface area contributed by atoms with Crippen molar-refractivity contribution in [1.82, 2.24) is 10.2 Å². The number of ether oxygens (including phenoxy) is 1. The van der Waals surface area contributed by atoms with Gasteiger partial charge < -0.3 is 20.1 Å². The second-order valence-corrected chi connectivity index (χ2v) is 5.10. The van der Waals surface area contributed by atoms with E-state index in [1.807, 2.05) is 13.8 Å². The van der Waals surface area contributed by atoms with Crippen molar-refractivity contribution < 1.29 is 19.4 Å². The van der Waals surface area contributed by atoms with Crippen LogP contribution in [0.15, 0.2) is 0 Å². The average molecular weight is 272 g/mol. The number of carbonyl (C=O) groups is 2. The number of carboxylic acid groups (broad SMARTS) is 1. The first-order valence-corrected chi connectivity index (χ1v) is 6.79. The number of amides is 2. The van der Waals surface area contributed by atoms with E-state index in [-0.39, 0.29) is 30.5 Å². The van der Waals surface area contributed by atoms with Gasteiger partial charge in [0.05, 0.1) is 12.1 Å². The lowest BCUT2D eigenvalue weighted by molar-refractivity contribution is -0.138. The Balaban J connectivity index is 2.39. The Morgan fingerprint density at radius 3 is 2.68 bits per heavy atom. The van der Waals surface area contributed by atoms with E-state index in [9.17, 15) is 9.59 Å². The van der Waals surface area contributed by atoms with Crippen LogP contribution in [0.25, 0.3) is 0 Å². The van der Waals surface area contributed by atoms with Gasteiger partial charge in [-0.2, -0.15) is 0 Å². The standard InChI is InChI=1S/C13H24N2O4/c1-4-10(7-12(16)17)8-14-13(18)15(3)11-5-6-19-9(11)2/h9-11H,4-8H2,1-3H3,(H,14,18)(H,16,17). The van der Waals surface area contributed by atoms with Gasteiger partial charge in [-0.15, -0.1) is 0 Å². The first-order valence-electron chi connectivity index (χ1n) is 6.79. The molecule has 1 aliphatic rings. The summed E-state index contributed by atoms with van der Waals surface area (Å²) in [6.45, 7) is 4.96. The van der Waals surface area contributed by atoms with Crippen LogP contribution in [0.3, 0.4) is 0 Å². The maximum absolute atomic E-state index is 12.0. The van der Waals surface area contributed by atoms with Gasteiger partial charge in [0.2, 0.25) is 0 Å². The Bertz CT molecular complexity index is 322. The number of rotatable bonds is 6. The van der Waals surface area contributed by atoms with Crippen LogP contribution in [0, 0.1) is 5.92 Å². The molecule has 1 aliphatic heterocycles. The molecule has 0 radical (unpaired) electrons. The molecule has 0 aromatic heterocycles. The number of carboxylic acids is 1.